The molecule has 1 aromatic heterocycles. The molecule has 2 amide bonds. The maximum absolute atomic E-state index is 14.0. The van der Waals surface area contributed by atoms with Gasteiger partial charge in [0.1, 0.15) is 11.4 Å². The molecule has 8 nitrogen and oxygen atoms in total. The number of aromatic nitrogens is 2. The first kappa shape index (κ1) is 28.6. The van der Waals surface area contributed by atoms with E-state index in [0.717, 1.165) is 22.6 Å². The molecule has 0 N–H and O–H groups in total. The van der Waals surface area contributed by atoms with Gasteiger partial charge >= 0.3 is 6.09 Å². The molecule has 0 spiro atoms. The average Bonchev–Trinajstić information content (AvgIpc) is 3.39. The molecule has 2 saturated heterocycles. The number of ether oxygens (including phenoxy) is 1. The van der Waals surface area contributed by atoms with Gasteiger partial charge in [-0.3, -0.25) is 4.79 Å². The molecule has 2 aromatic carbocycles. The molecule has 41 heavy (non-hydrogen) atoms. The molecule has 3 heterocycles. The van der Waals surface area contributed by atoms with Crippen molar-refractivity contribution in [2.75, 3.05) is 44.2 Å². The number of aryl methyl sites for hydroxylation is 2. The molecule has 2 aliphatic rings. The van der Waals surface area contributed by atoms with E-state index < -0.39 is 5.60 Å². The Morgan fingerprint density at radius 2 is 1.49 bits per heavy atom. The Morgan fingerprint density at radius 1 is 0.854 bits per heavy atom. The summed E-state index contributed by atoms with van der Waals surface area (Å²) in [7, 11) is 0. The van der Waals surface area contributed by atoms with E-state index in [0.29, 0.717) is 57.7 Å². The quantitative estimate of drug-likeness (QED) is 0.408. The SMILES string of the molecule is Cc1ccc(-n2ncc(C(=O)N3CCN(c4ccc(F)cc4)CC3)c2C2CCN(C(=O)OC(C)(C)C)CC2)cc1C. The monoisotopic (exact) mass is 561 g/mol. The van der Waals surface area contributed by atoms with Gasteiger partial charge in [-0.2, -0.15) is 5.10 Å². The molecule has 2 fully saturated rings. The number of carbonyl (C=O) groups excluding carboxylic acids is 2. The first-order chi connectivity index (χ1) is 19.5. The van der Waals surface area contributed by atoms with Gasteiger partial charge in [-0.15, -0.1) is 0 Å². The van der Waals surface area contributed by atoms with Gasteiger partial charge in [0.15, 0.2) is 0 Å². The van der Waals surface area contributed by atoms with E-state index in [4.69, 9.17) is 9.84 Å². The fourth-order valence-electron chi connectivity index (χ4n) is 5.63. The molecule has 218 valence electrons. The second kappa shape index (κ2) is 11.5. The van der Waals surface area contributed by atoms with Crippen molar-refractivity contribution in [1.82, 2.24) is 19.6 Å². The number of halogens is 1. The maximum atomic E-state index is 14.0. The predicted molar refractivity (Wildman–Crippen MR) is 157 cm³/mol. The minimum atomic E-state index is -0.545. The molecule has 0 unspecified atom stereocenters. The van der Waals surface area contributed by atoms with Crippen LogP contribution in [0.5, 0.6) is 0 Å². The van der Waals surface area contributed by atoms with Crippen LogP contribution < -0.4 is 4.90 Å². The van der Waals surface area contributed by atoms with Crippen LogP contribution in [-0.4, -0.2) is 76.5 Å². The fraction of sp³-hybridized carbons (Fsp3) is 0.469. The highest BCUT2D eigenvalue weighted by Gasteiger charge is 2.34. The zero-order chi connectivity index (χ0) is 29.3. The maximum Gasteiger partial charge on any atom is 0.410 e. The third-order valence-corrected chi connectivity index (χ3v) is 8.06. The van der Waals surface area contributed by atoms with Crippen LogP contribution in [0.3, 0.4) is 0 Å². The van der Waals surface area contributed by atoms with Gasteiger partial charge in [-0.05, 0) is 95.0 Å². The number of nitrogens with zero attached hydrogens (tertiary/aromatic N) is 5. The minimum Gasteiger partial charge on any atom is -0.444 e. The highest BCUT2D eigenvalue weighted by Crippen LogP contribution is 2.34. The Labute approximate surface area is 241 Å². The number of anilines is 1. The van der Waals surface area contributed by atoms with Gasteiger partial charge in [-0.1, -0.05) is 6.07 Å². The lowest BCUT2D eigenvalue weighted by molar-refractivity contribution is 0.0203. The highest BCUT2D eigenvalue weighted by molar-refractivity contribution is 5.95. The average molecular weight is 562 g/mol. The topological polar surface area (TPSA) is 70.9 Å². The second-order valence-electron chi connectivity index (χ2n) is 12.1. The fourth-order valence-corrected chi connectivity index (χ4v) is 5.63. The van der Waals surface area contributed by atoms with Gasteiger partial charge in [0.2, 0.25) is 0 Å². The van der Waals surface area contributed by atoms with Gasteiger partial charge in [0.05, 0.1) is 23.1 Å². The van der Waals surface area contributed by atoms with Crippen molar-refractivity contribution < 1.29 is 18.7 Å². The van der Waals surface area contributed by atoms with Crippen molar-refractivity contribution in [1.29, 1.82) is 0 Å². The van der Waals surface area contributed by atoms with Gasteiger partial charge in [-0.25, -0.2) is 13.9 Å². The predicted octanol–water partition coefficient (Wildman–Crippen LogP) is 5.71. The molecule has 0 atom stereocenters. The number of amides is 2. The van der Waals surface area contributed by atoms with Crippen LogP contribution >= 0.6 is 0 Å². The first-order valence-electron chi connectivity index (χ1n) is 14.4. The molecule has 0 saturated carbocycles. The summed E-state index contributed by atoms with van der Waals surface area (Å²) in [6.45, 7) is 13.4. The van der Waals surface area contributed by atoms with Crippen LogP contribution in [0.15, 0.2) is 48.7 Å². The van der Waals surface area contributed by atoms with E-state index in [2.05, 4.69) is 30.9 Å². The Kier molecular flexibility index (Phi) is 8.07. The summed E-state index contributed by atoms with van der Waals surface area (Å²) in [5, 5.41) is 4.74. The molecule has 0 radical (unpaired) electrons. The number of hydrogen-bond donors (Lipinski definition) is 0. The normalized spacial score (nSPS) is 16.7. The van der Waals surface area contributed by atoms with Crippen LogP contribution in [-0.2, 0) is 4.74 Å². The summed E-state index contributed by atoms with van der Waals surface area (Å²) in [4.78, 5) is 32.5. The summed E-state index contributed by atoms with van der Waals surface area (Å²) in [5.74, 6) is -0.214. The van der Waals surface area contributed by atoms with Crippen molar-refractivity contribution in [2.45, 2.75) is 59.0 Å². The van der Waals surface area contributed by atoms with E-state index in [1.165, 1.54) is 17.7 Å². The van der Waals surface area contributed by atoms with Crippen LogP contribution in [0.4, 0.5) is 14.9 Å². The Morgan fingerprint density at radius 3 is 2.10 bits per heavy atom. The lowest BCUT2D eigenvalue weighted by atomic mass is 9.90. The Hall–Kier alpha value is -3.88. The Balaban J connectivity index is 1.37. The highest BCUT2D eigenvalue weighted by atomic mass is 19.1. The molecule has 2 aliphatic heterocycles. The van der Waals surface area contributed by atoms with Gasteiger partial charge in [0, 0.05) is 50.9 Å². The first-order valence-corrected chi connectivity index (χ1v) is 14.4. The largest absolute Gasteiger partial charge is 0.444 e. The van der Waals surface area contributed by atoms with E-state index >= 15 is 0 Å². The van der Waals surface area contributed by atoms with Crippen molar-refractivity contribution in [3.63, 3.8) is 0 Å². The van der Waals surface area contributed by atoms with E-state index in [-0.39, 0.29) is 23.7 Å². The van der Waals surface area contributed by atoms with Crippen molar-refractivity contribution >= 4 is 17.7 Å². The number of rotatable bonds is 4. The zero-order valence-corrected chi connectivity index (χ0v) is 24.7. The summed E-state index contributed by atoms with van der Waals surface area (Å²) < 4.78 is 20.9. The summed E-state index contributed by atoms with van der Waals surface area (Å²) in [6.07, 6.45) is 2.84. The molecular formula is C32H40FN5O3. The van der Waals surface area contributed by atoms with E-state index in [9.17, 15) is 14.0 Å². The lowest BCUT2D eigenvalue weighted by Crippen LogP contribution is -2.49. The third kappa shape index (κ3) is 6.39. The number of piperazine rings is 1. The zero-order valence-electron chi connectivity index (χ0n) is 24.7. The van der Waals surface area contributed by atoms with E-state index in [1.807, 2.05) is 36.4 Å². The number of piperidine rings is 1. The van der Waals surface area contributed by atoms with Gasteiger partial charge in [0.25, 0.3) is 5.91 Å². The molecule has 0 bridgehead atoms. The summed E-state index contributed by atoms with van der Waals surface area (Å²) >= 11 is 0. The number of carbonyl (C=O) groups is 2. The molecular weight excluding hydrogens is 521 g/mol. The van der Waals surface area contributed by atoms with Crippen LogP contribution in [0.25, 0.3) is 5.69 Å². The second-order valence-corrected chi connectivity index (χ2v) is 12.1. The molecule has 9 heteroatoms. The van der Waals surface area contributed by atoms with Crippen molar-refractivity contribution in [3.8, 4) is 5.69 Å². The Bertz CT molecular complexity index is 1400. The molecule has 0 aliphatic carbocycles. The standard InChI is InChI=1S/C32H40FN5O3/c1-22-6-9-27(20-23(22)2)38-29(24-12-14-37(15-13-24)31(40)41-32(3,4)5)28(21-34-38)30(39)36-18-16-35(17-19-36)26-10-7-25(33)8-11-26/h6-11,20-21,24H,12-19H2,1-5H3. The van der Waals surface area contributed by atoms with Crippen LogP contribution in [0, 0.1) is 19.7 Å². The van der Waals surface area contributed by atoms with E-state index in [1.54, 1.807) is 23.2 Å². The van der Waals surface area contributed by atoms with Gasteiger partial charge < -0.3 is 19.4 Å². The lowest BCUT2D eigenvalue weighted by Gasteiger charge is -2.37. The summed E-state index contributed by atoms with van der Waals surface area (Å²) in [6, 6.07) is 12.7. The number of benzene rings is 2. The van der Waals surface area contributed by atoms with Crippen molar-refractivity contribution in [3.05, 3.63) is 76.9 Å². The third-order valence-electron chi connectivity index (χ3n) is 8.06. The van der Waals surface area contributed by atoms with Crippen molar-refractivity contribution in [2.24, 2.45) is 0 Å². The number of hydrogen-bond acceptors (Lipinski definition) is 5. The molecule has 5 rings (SSSR count). The minimum absolute atomic E-state index is 0.0246. The number of likely N-dealkylation sites (tertiary alicyclic amines) is 1. The van der Waals surface area contributed by atoms with Crippen LogP contribution in [0.2, 0.25) is 0 Å². The summed E-state index contributed by atoms with van der Waals surface area (Å²) in [5.41, 5.74) is 5.22. The van der Waals surface area contributed by atoms with Crippen LogP contribution in [0.1, 0.15) is 66.7 Å². The molecule has 3 aromatic rings. The smallest absolute Gasteiger partial charge is 0.410 e.